The summed E-state index contributed by atoms with van der Waals surface area (Å²) in [6.07, 6.45) is -1.72. The van der Waals surface area contributed by atoms with Crippen LogP contribution in [0.25, 0.3) is 0 Å². The first kappa shape index (κ1) is 25.6. The molecule has 3 aromatic rings. The third-order valence-electron chi connectivity index (χ3n) is 6.46. The number of carbonyl (C=O) groups excluding carboxylic acids is 1. The molecule has 0 spiro atoms. The van der Waals surface area contributed by atoms with Crippen LogP contribution in [0.3, 0.4) is 0 Å². The second kappa shape index (κ2) is 10.2. The van der Waals surface area contributed by atoms with Gasteiger partial charge in [-0.05, 0) is 59.9 Å². The maximum absolute atomic E-state index is 14.6. The highest BCUT2D eigenvalue weighted by Crippen LogP contribution is 2.38. The van der Waals surface area contributed by atoms with Gasteiger partial charge in [-0.2, -0.15) is 13.2 Å². The highest BCUT2D eigenvalue weighted by molar-refractivity contribution is 5.76. The van der Waals surface area contributed by atoms with Crippen LogP contribution in [0.15, 0.2) is 66.7 Å². The van der Waals surface area contributed by atoms with Crippen LogP contribution in [0.2, 0.25) is 0 Å². The largest absolute Gasteiger partial charge is 0.416 e. The van der Waals surface area contributed by atoms with Gasteiger partial charge in [0.1, 0.15) is 5.82 Å². The molecule has 1 aliphatic rings. The van der Waals surface area contributed by atoms with Crippen molar-refractivity contribution in [3.05, 3.63) is 106 Å². The van der Waals surface area contributed by atoms with Gasteiger partial charge in [-0.15, -0.1) is 0 Å². The van der Waals surface area contributed by atoms with Crippen LogP contribution in [0.1, 0.15) is 47.9 Å². The van der Waals surface area contributed by atoms with E-state index >= 15 is 0 Å². The molecule has 36 heavy (non-hydrogen) atoms. The topological polar surface area (TPSA) is 41.1 Å². The summed E-state index contributed by atoms with van der Waals surface area (Å²) in [5, 5.41) is 5.53. The lowest BCUT2D eigenvalue weighted by atomic mass is 9.77. The zero-order valence-corrected chi connectivity index (χ0v) is 19.1. The van der Waals surface area contributed by atoms with Crippen molar-refractivity contribution in [2.24, 2.45) is 0 Å². The fourth-order valence-corrected chi connectivity index (χ4v) is 4.71. The summed E-state index contributed by atoms with van der Waals surface area (Å²) < 4.78 is 83.8. The van der Waals surface area contributed by atoms with Gasteiger partial charge in [0.05, 0.1) is 11.1 Å². The number of rotatable bonds is 6. The Morgan fingerprint density at radius 3 is 2.11 bits per heavy atom. The number of urea groups is 1. The van der Waals surface area contributed by atoms with Crippen LogP contribution in [-0.4, -0.2) is 12.1 Å². The van der Waals surface area contributed by atoms with Gasteiger partial charge >= 0.3 is 12.2 Å². The number of halogens is 6. The molecule has 3 aromatic carbocycles. The maximum Gasteiger partial charge on any atom is 0.416 e. The third kappa shape index (κ3) is 5.66. The highest BCUT2D eigenvalue weighted by atomic mass is 19.4. The van der Waals surface area contributed by atoms with E-state index < -0.39 is 40.8 Å². The van der Waals surface area contributed by atoms with Crippen molar-refractivity contribution in [1.29, 1.82) is 0 Å². The van der Waals surface area contributed by atoms with Gasteiger partial charge in [-0.3, -0.25) is 0 Å². The number of alkyl halides is 3. The van der Waals surface area contributed by atoms with Gasteiger partial charge in [0.25, 0.3) is 0 Å². The normalized spacial score (nSPS) is 15.9. The minimum Gasteiger partial charge on any atom is -0.335 e. The summed E-state index contributed by atoms with van der Waals surface area (Å²) in [4.78, 5) is 13.2. The number of nitrogens with one attached hydrogen (secondary N) is 2. The van der Waals surface area contributed by atoms with E-state index in [1.807, 2.05) is 0 Å². The molecule has 9 heteroatoms. The second-order valence-electron chi connectivity index (χ2n) is 9.00. The van der Waals surface area contributed by atoms with Crippen LogP contribution < -0.4 is 10.6 Å². The molecule has 3 nitrogen and oxygen atoms in total. The molecule has 0 bridgehead atoms. The second-order valence-corrected chi connectivity index (χ2v) is 9.00. The Labute approximate surface area is 204 Å². The van der Waals surface area contributed by atoms with Gasteiger partial charge in [0, 0.05) is 12.5 Å². The van der Waals surface area contributed by atoms with E-state index in [-0.39, 0.29) is 23.6 Å². The Kier molecular flexibility index (Phi) is 7.28. The first-order valence-electron chi connectivity index (χ1n) is 11.5. The zero-order valence-electron chi connectivity index (χ0n) is 19.1. The van der Waals surface area contributed by atoms with E-state index in [1.54, 1.807) is 30.3 Å². The van der Waals surface area contributed by atoms with E-state index in [1.165, 1.54) is 6.07 Å². The minimum atomic E-state index is -4.88. The van der Waals surface area contributed by atoms with E-state index in [4.69, 9.17) is 0 Å². The number of carbonyl (C=O) groups is 1. The molecule has 0 radical (unpaired) electrons. The van der Waals surface area contributed by atoms with E-state index in [2.05, 4.69) is 10.6 Å². The molecule has 1 saturated carbocycles. The molecule has 0 heterocycles. The van der Waals surface area contributed by atoms with Crippen LogP contribution >= 0.6 is 0 Å². The monoisotopic (exact) mass is 506 g/mol. The fraction of sp³-hybridized carbons (Fsp3) is 0.296. The molecular weight excluding hydrogens is 482 g/mol. The lowest BCUT2D eigenvalue weighted by molar-refractivity contribution is -0.137. The molecular formula is C27H24F6N2O. The molecule has 2 N–H and O–H groups in total. The van der Waals surface area contributed by atoms with Crippen molar-refractivity contribution in [2.75, 3.05) is 0 Å². The summed E-state index contributed by atoms with van der Waals surface area (Å²) in [7, 11) is 0. The van der Waals surface area contributed by atoms with Crippen molar-refractivity contribution >= 4 is 6.03 Å². The van der Waals surface area contributed by atoms with Crippen molar-refractivity contribution in [2.45, 2.75) is 49.9 Å². The number of hydrogen-bond donors (Lipinski definition) is 2. The SMILES string of the molecule is O=C(NC1CCCC1)NC(Cc1ccccc1)(c1cc(F)cc(C(F)(F)F)c1)c1ccc(F)c(F)c1. The number of benzene rings is 3. The standard InChI is InChI=1S/C27H24F6N2O/c28-21-13-19(12-20(14-21)27(31,32)33)26(16-17-6-2-1-3-7-17,18-10-11-23(29)24(30)15-18)35-25(36)34-22-8-4-5-9-22/h1-3,6-7,10-15,22H,4-5,8-9,16H2,(H2,34,35,36). The average Bonchev–Trinajstić information content (AvgIpc) is 3.33. The summed E-state index contributed by atoms with van der Waals surface area (Å²) >= 11 is 0. The van der Waals surface area contributed by atoms with Gasteiger partial charge in [-0.25, -0.2) is 18.0 Å². The average molecular weight is 506 g/mol. The molecule has 190 valence electrons. The summed E-state index contributed by atoms with van der Waals surface area (Å²) in [6, 6.07) is 12.4. The molecule has 0 aromatic heterocycles. The smallest absolute Gasteiger partial charge is 0.335 e. The third-order valence-corrected chi connectivity index (χ3v) is 6.46. The van der Waals surface area contributed by atoms with Crippen molar-refractivity contribution in [3.63, 3.8) is 0 Å². The summed E-state index contributed by atoms with van der Waals surface area (Å²) in [6.45, 7) is 0. The Hall–Kier alpha value is -3.49. The minimum absolute atomic E-state index is 0.0365. The van der Waals surface area contributed by atoms with Gasteiger partial charge in [0.15, 0.2) is 11.6 Å². The van der Waals surface area contributed by atoms with Gasteiger partial charge < -0.3 is 10.6 Å². The lowest BCUT2D eigenvalue weighted by Crippen LogP contribution is -2.53. The Morgan fingerprint density at radius 1 is 0.806 bits per heavy atom. The molecule has 1 fully saturated rings. The Morgan fingerprint density at radius 2 is 1.47 bits per heavy atom. The summed E-state index contributed by atoms with van der Waals surface area (Å²) in [5.74, 6) is -3.61. The Balaban J connectivity index is 1.92. The summed E-state index contributed by atoms with van der Waals surface area (Å²) in [5.41, 5.74) is -2.85. The zero-order chi connectivity index (χ0) is 25.9. The predicted octanol–water partition coefficient (Wildman–Crippen LogP) is 6.85. The van der Waals surface area contributed by atoms with Crippen LogP contribution in [-0.2, 0) is 18.1 Å². The van der Waals surface area contributed by atoms with Gasteiger partial charge in [-0.1, -0.05) is 49.2 Å². The number of hydrogen-bond acceptors (Lipinski definition) is 1. The molecule has 4 rings (SSSR count). The molecule has 0 aliphatic heterocycles. The predicted molar refractivity (Wildman–Crippen MR) is 123 cm³/mol. The van der Waals surface area contributed by atoms with Crippen molar-refractivity contribution in [1.82, 2.24) is 10.6 Å². The van der Waals surface area contributed by atoms with E-state index in [0.717, 1.165) is 49.9 Å². The molecule has 0 saturated heterocycles. The van der Waals surface area contributed by atoms with Gasteiger partial charge in [0.2, 0.25) is 0 Å². The lowest BCUT2D eigenvalue weighted by Gasteiger charge is -2.37. The molecule has 1 unspecified atom stereocenters. The quantitative estimate of drug-likeness (QED) is 0.353. The maximum atomic E-state index is 14.6. The van der Waals surface area contributed by atoms with Crippen LogP contribution in [0, 0.1) is 17.5 Å². The first-order valence-corrected chi connectivity index (χ1v) is 11.5. The van der Waals surface area contributed by atoms with Crippen molar-refractivity contribution in [3.8, 4) is 0 Å². The fourth-order valence-electron chi connectivity index (χ4n) is 4.71. The van der Waals surface area contributed by atoms with E-state index in [9.17, 15) is 31.1 Å². The van der Waals surface area contributed by atoms with Crippen LogP contribution in [0.4, 0.5) is 31.1 Å². The molecule has 1 aliphatic carbocycles. The van der Waals surface area contributed by atoms with Crippen molar-refractivity contribution < 1.29 is 31.1 Å². The van der Waals surface area contributed by atoms with E-state index in [0.29, 0.717) is 11.6 Å². The highest BCUT2D eigenvalue weighted by Gasteiger charge is 2.40. The molecule has 2 amide bonds. The van der Waals surface area contributed by atoms with Crippen LogP contribution in [0.5, 0.6) is 0 Å². The molecule has 1 atom stereocenters. The number of amides is 2. The Bertz CT molecular complexity index is 1220. The first-order chi connectivity index (χ1) is 17.1.